The zero-order valence-electron chi connectivity index (χ0n) is 12.0. The lowest BCUT2D eigenvalue weighted by atomic mass is 9.74. The van der Waals surface area contributed by atoms with E-state index >= 15 is 0 Å². The Morgan fingerprint density at radius 2 is 1.80 bits per heavy atom. The second kappa shape index (κ2) is 5.54. The molecule has 0 unspecified atom stereocenters. The molecule has 0 spiro atoms. The Morgan fingerprint density at radius 1 is 1.25 bits per heavy atom. The second-order valence-corrected chi connectivity index (χ2v) is 6.62. The highest BCUT2D eigenvalue weighted by molar-refractivity contribution is 9.10. The first kappa shape index (κ1) is 16.7. The van der Waals surface area contributed by atoms with E-state index in [1.54, 1.807) is 39.8 Å². The Bertz CT molecular complexity index is 548. The zero-order valence-corrected chi connectivity index (χ0v) is 13.5. The zero-order chi connectivity index (χ0) is 15.7. The second-order valence-electron chi connectivity index (χ2n) is 5.77. The highest BCUT2D eigenvalue weighted by atomic mass is 79.9. The van der Waals surface area contributed by atoms with Gasteiger partial charge in [-0.1, -0.05) is 6.07 Å². The van der Waals surface area contributed by atoms with Crippen molar-refractivity contribution in [3.05, 3.63) is 28.2 Å². The number of hydrogen-bond acceptors (Lipinski definition) is 3. The van der Waals surface area contributed by atoms with Gasteiger partial charge in [-0.15, -0.1) is 0 Å². The number of rotatable bonds is 4. The SMILES string of the molecule is CC(C)(N)C(C)(C)C(=O)Nc1c(Br)cccc1C(=O)O. The summed E-state index contributed by atoms with van der Waals surface area (Å²) in [7, 11) is 0. The van der Waals surface area contributed by atoms with Crippen molar-refractivity contribution in [2.24, 2.45) is 11.1 Å². The van der Waals surface area contributed by atoms with Gasteiger partial charge in [0.2, 0.25) is 5.91 Å². The van der Waals surface area contributed by atoms with Crippen LogP contribution >= 0.6 is 15.9 Å². The summed E-state index contributed by atoms with van der Waals surface area (Å²) in [6.07, 6.45) is 0. The standard InChI is InChI=1S/C14H19BrN2O3/c1-13(2,14(3,4)16)12(20)17-10-8(11(18)19)6-5-7-9(10)15/h5-7H,16H2,1-4H3,(H,17,20)(H,18,19). The minimum absolute atomic E-state index is 0.0263. The molecule has 5 nitrogen and oxygen atoms in total. The van der Waals surface area contributed by atoms with Gasteiger partial charge in [0.1, 0.15) is 0 Å². The fourth-order valence-electron chi connectivity index (χ4n) is 1.39. The van der Waals surface area contributed by atoms with Crippen LogP contribution in [0.3, 0.4) is 0 Å². The average molecular weight is 343 g/mol. The molecule has 0 aliphatic carbocycles. The van der Waals surface area contributed by atoms with Crippen molar-refractivity contribution in [3.63, 3.8) is 0 Å². The summed E-state index contributed by atoms with van der Waals surface area (Å²) in [6.45, 7) is 6.95. The molecule has 1 rings (SSSR count). The monoisotopic (exact) mass is 342 g/mol. The molecule has 6 heteroatoms. The third-order valence-corrected chi connectivity index (χ3v) is 4.32. The van der Waals surface area contributed by atoms with Gasteiger partial charge in [0, 0.05) is 10.0 Å². The molecule has 0 saturated carbocycles. The minimum Gasteiger partial charge on any atom is -0.478 e. The molecule has 0 saturated heterocycles. The number of aromatic carboxylic acids is 1. The molecule has 0 fully saturated rings. The lowest BCUT2D eigenvalue weighted by Gasteiger charge is -2.37. The number of carboxylic acid groups (broad SMARTS) is 1. The van der Waals surface area contributed by atoms with Gasteiger partial charge in [0.25, 0.3) is 0 Å². The fraction of sp³-hybridized carbons (Fsp3) is 0.429. The fourth-order valence-corrected chi connectivity index (χ4v) is 1.86. The molecule has 0 atom stereocenters. The van der Waals surface area contributed by atoms with Crippen LogP contribution in [0.25, 0.3) is 0 Å². The molecule has 0 bridgehead atoms. The molecule has 0 aliphatic heterocycles. The average Bonchev–Trinajstić information content (AvgIpc) is 2.29. The molecule has 0 radical (unpaired) electrons. The van der Waals surface area contributed by atoms with E-state index in [-0.39, 0.29) is 17.2 Å². The number of anilines is 1. The van der Waals surface area contributed by atoms with E-state index in [0.29, 0.717) is 4.47 Å². The van der Waals surface area contributed by atoms with Gasteiger partial charge < -0.3 is 16.2 Å². The van der Waals surface area contributed by atoms with E-state index < -0.39 is 16.9 Å². The van der Waals surface area contributed by atoms with Gasteiger partial charge in [-0.2, -0.15) is 0 Å². The van der Waals surface area contributed by atoms with Crippen LogP contribution in [0.4, 0.5) is 5.69 Å². The number of nitrogens with two attached hydrogens (primary N) is 1. The molecule has 110 valence electrons. The normalized spacial score (nSPS) is 12.1. The Hall–Kier alpha value is -1.40. The first-order valence-corrected chi connectivity index (χ1v) is 6.90. The minimum atomic E-state index is -1.11. The van der Waals surface area contributed by atoms with E-state index in [2.05, 4.69) is 21.2 Å². The van der Waals surface area contributed by atoms with Crippen molar-refractivity contribution in [2.75, 3.05) is 5.32 Å². The highest BCUT2D eigenvalue weighted by Gasteiger charge is 2.40. The predicted molar refractivity (Wildman–Crippen MR) is 81.8 cm³/mol. The molecule has 0 aromatic heterocycles. The first-order valence-electron chi connectivity index (χ1n) is 6.10. The maximum absolute atomic E-state index is 12.4. The van der Waals surface area contributed by atoms with E-state index in [9.17, 15) is 9.59 Å². The largest absolute Gasteiger partial charge is 0.478 e. The number of halogens is 1. The van der Waals surface area contributed by atoms with Gasteiger partial charge >= 0.3 is 5.97 Å². The Labute approximate surface area is 126 Å². The van der Waals surface area contributed by atoms with Crippen molar-refractivity contribution in [3.8, 4) is 0 Å². The van der Waals surface area contributed by atoms with Gasteiger partial charge in [0.05, 0.1) is 16.7 Å². The summed E-state index contributed by atoms with van der Waals surface area (Å²) < 4.78 is 0.511. The predicted octanol–water partition coefficient (Wildman–Crippen LogP) is 2.85. The number of carboxylic acids is 1. The maximum atomic E-state index is 12.4. The Balaban J connectivity index is 3.18. The van der Waals surface area contributed by atoms with Crippen LogP contribution in [0.5, 0.6) is 0 Å². The lowest BCUT2D eigenvalue weighted by Crippen LogP contribution is -2.53. The van der Waals surface area contributed by atoms with Gasteiger partial charge in [-0.3, -0.25) is 4.79 Å². The Morgan fingerprint density at radius 3 is 2.25 bits per heavy atom. The van der Waals surface area contributed by atoms with Gasteiger partial charge in [-0.05, 0) is 55.8 Å². The highest BCUT2D eigenvalue weighted by Crippen LogP contribution is 2.33. The van der Waals surface area contributed by atoms with Crippen LogP contribution in [0, 0.1) is 5.41 Å². The van der Waals surface area contributed by atoms with Crippen LogP contribution in [-0.2, 0) is 4.79 Å². The van der Waals surface area contributed by atoms with E-state index in [0.717, 1.165) is 0 Å². The number of hydrogen-bond donors (Lipinski definition) is 3. The summed E-state index contributed by atoms with van der Waals surface area (Å²) in [5, 5.41) is 11.8. The maximum Gasteiger partial charge on any atom is 0.337 e. The van der Waals surface area contributed by atoms with Crippen LogP contribution in [0.1, 0.15) is 38.1 Å². The van der Waals surface area contributed by atoms with E-state index in [1.807, 2.05) is 0 Å². The molecule has 0 aliphatic rings. The van der Waals surface area contributed by atoms with Crippen molar-refractivity contribution in [1.82, 2.24) is 0 Å². The van der Waals surface area contributed by atoms with Crippen molar-refractivity contribution >= 4 is 33.5 Å². The summed E-state index contributed by atoms with van der Waals surface area (Å²) in [5.74, 6) is -1.44. The smallest absolute Gasteiger partial charge is 0.337 e. The van der Waals surface area contributed by atoms with E-state index in [1.165, 1.54) is 6.07 Å². The van der Waals surface area contributed by atoms with Crippen LogP contribution in [0.2, 0.25) is 0 Å². The molecule has 4 N–H and O–H groups in total. The van der Waals surface area contributed by atoms with Crippen LogP contribution < -0.4 is 11.1 Å². The molecule has 1 amide bonds. The summed E-state index contributed by atoms with van der Waals surface area (Å²) >= 11 is 3.25. The number of nitrogens with one attached hydrogen (secondary N) is 1. The van der Waals surface area contributed by atoms with Crippen LogP contribution in [-0.4, -0.2) is 22.5 Å². The number of benzene rings is 1. The van der Waals surface area contributed by atoms with Crippen LogP contribution in [0.15, 0.2) is 22.7 Å². The van der Waals surface area contributed by atoms with Crippen molar-refractivity contribution < 1.29 is 14.7 Å². The number of carbonyl (C=O) groups excluding carboxylic acids is 1. The molecule has 1 aromatic carbocycles. The summed E-state index contributed by atoms with van der Waals surface area (Å²) in [4.78, 5) is 23.6. The molecule has 20 heavy (non-hydrogen) atoms. The molecular weight excluding hydrogens is 324 g/mol. The van der Waals surface area contributed by atoms with Gasteiger partial charge in [0.15, 0.2) is 0 Å². The summed E-state index contributed by atoms with van der Waals surface area (Å²) in [5.41, 5.74) is 4.67. The topological polar surface area (TPSA) is 92.4 Å². The number of para-hydroxylation sites is 1. The van der Waals surface area contributed by atoms with Gasteiger partial charge in [-0.25, -0.2) is 4.79 Å². The molecular formula is C14H19BrN2O3. The quantitative estimate of drug-likeness (QED) is 0.784. The summed E-state index contributed by atoms with van der Waals surface area (Å²) in [6, 6.07) is 4.70. The third kappa shape index (κ3) is 3.19. The molecule has 1 aromatic rings. The first-order chi connectivity index (χ1) is 8.98. The third-order valence-electron chi connectivity index (χ3n) is 3.66. The van der Waals surface area contributed by atoms with Crippen molar-refractivity contribution in [2.45, 2.75) is 33.2 Å². The Kier molecular flexibility index (Phi) is 4.61. The van der Waals surface area contributed by atoms with E-state index in [4.69, 9.17) is 10.8 Å². The molecule has 0 heterocycles. The number of carbonyl (C=O) groups is 2. The lowest BCUT2D eigenvalue weighted by molar-refractivity contribution is -0.126. The van der Waals surface area contributed by atoms with Crippen molar-refractivity contribution in [1.29, 1.82) is 0 Å². The number of amides is 1.